The SMILES string of the molecule is CN(CC(=O)NC1CC1)C(=O)COC(=O)Cc1ccsc1. The van der Waals surface area contributed by atoms with Crippen molar-refractivity contribution in [3.05, 3.63) is 22.4 Å². The molecule has 7 heteroatoms. The Labute approximate surface area is 127 Å². The Hall–Kier alpha value is -1.89. The Bertz CT molecular complexity index is 511. The van der Waals surface area contributed by atoms with E-state index in [4.69, 9.17) is 4.74 Å². The fourth-order valence-electron chi connectivity index (χ4n) is 1.67. The molecule has 21 heavy (non-hydrogen) atoms. The summed E-state index contributed by atoms with van der Waals surface area (Å²) < 4.78 is 4.92. The topological polar surface area (TPSA) is 75.7 Å². The van der Waals surface area contributed by atoms with Crippen LogP contribution in [0.25, 0.3) is 0 Å². The van der Waals surface area contributed by atoms with Crippen LogP contribution in [-0.4, -0.2) is 48.9 Å². The second-order valence-corrected chi connectivity index (χ2v) is 5.84. The van der Waals surface area contributed by atoms with E-state index in [1.165, 1.54) is 23.3 Å². The van der Waals surface area contributed by atoms with E-state index < -0.39 is 5.97 Å². The fraction of sp³-hybridized carbons (Fsp3) is 0.500. The summed E-state index contributed by atoms with van der Waals surface area (Å²) in [7, 11) is 1.52. The van der Waals surface area contributed by atoms with E-state index in [2.05, 4.69) is 5.32 Å². The van der Waals surface area contributed by atoms with Gasteiger partial charge in [0.25, 0.3) is 5.91 Å². The number of rotatable bonds is 7. The highest BCUT2D eigenvalue weighted by molar-refractivity contribution is 7.07. The van der Waals surface area contributed by atoms with Crippen LogP contribution in [-0.2, 0) is 25.5 Å². The number of carbonyl (C=O) groups excluding carboxylic acids is 3. The number of likely N-dealkylation sites (N-methyl/N-ethyl adjacent to an activating group) is 1. The van der Waals surface area contributed by atoms with Crippen molar-refractivity contribution >= 4 is 29.1 Å². The zero-order valence-corrected chi connectivity index (χ0v) is 12.6. The summed E-state index contributed by atoms with van der Waals surface area (Å²) in [6.07, 6.45) is 2.16. The lowest BCUT2D eigenvalue weighted by atomic mass is 10.2. The molecule has 0 aliphatic heterocycles. The van der Waals surface area contributed by atoms with Gasteiger partial charge in [-0.25, -0.2) is 0 Å². The minimum Gasteiger partial charge on any atom is -0.455 e. The number of esters is 1. The Morgan fingerprint density at radius 2 is 2.19 bits per heavy atom. The van der Waals surface area contributed by atoms with Crippen molar-refractivity contribution in [2.45, 2.75) is 25.3 Å². The zero-order valence-electron chi connectivity index (χ0n) is 11.8. The van der Waals surface area contributed by atoms with Gasteiger partial charge in [0.2, 0.25) is 5.91 Å². The fourth-order valence-corrected chi connectivity index (χ4v) is 2.34. The molecule has 1 aromatic rings. The van der Waals surface area contributed by atoms with Gasteiger partial charge in [-0.15, -0.1) is 0 Å². The second kappa shape index (κ2) is 7.21. The summed E-state index contributed by atoms with van der Waals surface area (Å²) in [6, 6.07) is 2.10. The maximum absolute atomic E-state index is 11.8. The van der Waals surface area contributed by atoms with Crippen LogP contribution in [0.1, 0.15) is 18.4 Å². The predicted molar refractivity (Wildman–Crippen MR) is 77.8 cm³/mol. The number of carbonyl (C=O) groups is 3. The molecular formula is C14H18N2O4S. The van der Waals surface area contributed by atoms with Crippen molar-refractivity contribution in [3.8, 4) is 0 Å². The maximum Gasteiger partial charge on any atom is 0.310 e. The van der Waals surface area contributed by atoms with Gasteiger partial charge in [0.1, 0.15) is 0 Å². The Kier molecular flexibility index (Phi) is 5.32. The summed E-state index contributed by atoms with van der Waals surface area (Å²) in [5.74, 6) is -1.02. The van der Waals surface area contributed by atoms with Crippen molar-refractivity contribution in [1.29, 1.82) is 0 Å². The molecule has 0 atom stereocenters. The molecule has 2 rings (SSSR count). The first-order valence-corrected chi connectivity index (χ1v) is 7.69. The van der Waals surface area contributed by atoms with Gasteiger partial charge in [-0.05, 0) is 35.2 Å². The number of nitrogens with one attached hydrogen (secondary N) is 1. The maximum atomic E-state index is 11.8. The molecule has 1 aliphatic carbocycles. The van der Waals surface area contributed by atoms with E-state index in [1.807, 2.05) is 16.8 Å². The van der Waals surface area contributed by atoms with Crippen molar-refractivity contribution in [3.63, 3.8) is 0 Å². The number of ether oxygens (including phenoxy) is 1. The lowest BCUT2D eigenvalue weighted by molar-refractivity contribution is -0.151. The molecule has 0 aromatic carbocycles. The van der Waals surface area contributed by atoms with Crippen LogP contribution in [0.3, 0.4) is 0 Å². The van der Waals surface area contributed by atoms with E-state index in [0.29, 0.717) is 0 Å². The van der Waals surface area contributed by atoms with Crippen LogP contribution in [0.4, 0.5) is 0 Å². The molecule has 1 N–H and O–H groups in total. The molecule has 114 valence electrons. The van der Waals surface area contributed by atoms with E-state index in [-0.39, 0.29) is 37.4 Å². The number of nitrogens with zero attached hydrogens (tertiary/aromatic N) is 1. The summed E-state index contributed by atoms with van der Waals surface area (Å²) in [4.78, 5) is 36.1. The van der Waals surface area contributed by atoms with Gasteiger partial charge in [-0.2, -0.15) is 11.3 Å². The van der Waals surface area contributed by atoms with Gasteiger partial charge in [-0.3, -0.25) is 14.4 Å². The first-order chi connectivity index (χ1) is 10.0. The molecule has 1 aromatic heterocycles. The molecule has 2 amide bonds. The monoisotopic (exact) mass is 310 g/mol. The summed E-state index contributed by atoms with van der Waals surface area (Å²) >= 11 is 1.50. The highest BCUT2D eigenvalue weighted by Crippen LogP contribution is 2.18. The number of hydrogen-bond acceptors (Lipinski definition) is 5. The smallest absolute Gasteiger partial charge is 0.310 e. The largest absolute Gasteiger partial charge is 0.455 e. The van der Waals surface area contributed by atoms with Crippen LogP contribution in [0.2, 0.25) is 0 Å². The number of hydrogen-bond donors (Lipinski definition) is 1. The van der Waals surface area contributed by atoms with E-state index in [1.54, 1.807) is 0 Å². The molecule has 0 spiro atoms. The summed E-state index contributed by atoms with van der Waals surface area (Å²) in [5, 5.41) is 6.53. The number of amides is 2. The second-order valence-electron chi connectivity index (χ2n) is 5.06. The third-order valence-corrected chi connectivity index (χ3v) is 3.77. The van der Waals surface area contributed by atoms with Crippen LogP contribution < -0.4 is 5.32 Å². The minimum absolute atomic E-state index is 0.0165. The molecule has 1 heterocycles. The van der Waals surface area contributed by atoms with Crippen molar-refractivity contribution in [2.24, 2.45) is 0 Å². The average Bonchev–Trinajstić information content (AvgIpc) is 3.09. The van der Waals surface area contributed by atoms with Gasteiger partial charge in [0.15, 0.2) is 6.61 Å². The third-order valence-electron chi connectivity index (χ3n) is 3.03. The van der Waals surface area contributed by atoms with Crippen molar-refractivity contribution < 1.29 is 19.1 Å². The highest BCUT2D eigenvalue weighted by Gasteiger charge is 2.24. The van der Waals surface area contributed by atoms with Crippen LogP contribution in [0, 0.1) is 0 Å². The molecule has 1 fully saturated rings. The molecule has 1 saturated carbocycles. The van der Waals surface area contributed by atoms with Gasteiger partial charge < -0.3 is 15.0 Å². The van der Waals surface area contributed by atoms with E-state index in [9.17, 15) is 14.4 Å². The molecule has 0 radical (unpaired) electrons. The average molecular weight is 310 g/mol. The Morgan fingerprint density at radius 3 is 2.81 bits per heavy atom. The lowest BCUT2D eigenvalue weighted by Crippen LogP contribution is -2.40. The molecule has 0 unspecified atom stereocenters. The predicted octanol–water partition coefficient (Wildman–Crippen LogP) is 0.571. The van der Waals surface area contributed by atoms with Gasteiger partial charge in [-0.1, -0.05) is 0 Å². The van der Waals surface area contributed by atoms with E-state index >= 15 is 0 Å². The van der Waals surface area contributed by atoms with Crippen molar-refractivity contribution in [1.82, 2.24) is 10.2 Å². The van der Waals surface area contributed by atoms with Crippen molar-refractivity contribution in [2.75, 3.05) is 20.2 Å². The molecule has 1 aliphatic rings. The first-order valence-electron chi connectivity index (χ1n) is 6.74. The molecule has 0 bridgehead atoms. The van der Waals surface area contributed by atoms with Gasteiger partial charge in [0, 0.05) is 13.1 Å². The molecule has 6 nitrogen and oxygen atoms in total. The van der Waals surface area contributed by atoms with Crippen LogP contribution >= 0.6 is 11.3 Å². The van der Waals surface area contributed by atoms with E-state index in [0.717, 1.165) is 18.4 Å². The van der Waals surface area contributed by atoms with Gasteiger partial charge in [0.05, 0.1) is 13.0 Å². The van der Waals surface area contributed by atoms with Gasteiger partial charge >= 0.3 is 5.97 Å². The zero-order chi connectivity index (χ0) is 15.2. The minimum atomic E-state index is -0.447. The summed E-state index contributed by atoms with van der Waals surface area (Å²) in [5.41, 5.74) is 0.870. The molecule has 0 saturated heterocycles. The molecular weight excluding hydrogens is 292 g/mol. The highest BCUT2D eigenvalue weighted by atomic mass is 32.1. The quantitative estimate of drug-likeness (QED) is 0.747. The first kappa shape index (κ1) is 15.5. The number of thiophene rings is 1. The normalized spacial score (nSPS) is 13.6. The third kappa shape index (κ3) is 5.55. The Morgan fingerprint density at radius 1 is 1.43 bits per heavy atom. The lowest BCUT2D eigenvalue weighted by Gasteiger charge is -2.16. The van der Waals surface area contributed by atoms with Crippen LogP contribution in [0.5, 0.6) is 0 Å². The standard InChI is InChI=1S/C14H18N2O4S/c1-16(7-12(17)15-11-2-3-11)13(18)8-20-14(19)6-10-4-5-21-9-10/h4-5,9,11H,2-3,6-8H2,1H3,(H,15,17). The Balaban J connectivity index is 1.65. The van der Waals surface area contributed by atoms with Crippen LogP contribution in [0.15, 0.2) is 16.8 Å². The summed E-state index contributed by atoms with van der Waals surface area (Å²) in [6.45, 7) is -0.354.